The number of piperidine rings is 1. The van der Waals surface area contributed by atoms with Crippen molar-refractivity contribution >= 4 is 22.6 Å². The van der Waals surface area contributed by atoms with E-state index in [0.29, 0.717) is 17.9 Å². The van der Waals surface area contributed by atoms with Crippen LogP contribution < -0.4 is 5.32 Å². The molecule has 0 spiro atoms. The van der Waals surface area contributed by atoms with Gasteiger partial charge in [0.1, 0.15) is 5.60 Å². The van der Waals surface area contributed by atoms with E-state index >= 15 is 0 Å². The second kappa shape index (κ2) is 8.59. The minimum Gasteiger partial charge on any atom is -0.444 e. The molecule has 2 aliphatic rings. The lowest BCUT2D eigenvalue weighted by atomic mass is 9.77. The number of carbonyl (C=O) groups excluding carboxylic acids is 1. The van der Waals surface area contributed by atoms with E-state index in [0.717, 1.165) is 31.1 Å². The minimum absolute atomic E-state index is 0.126. The Bertz CT molecular complexity index is 564. The van der Waals surface area contributed by atoms with Gasteiger partial charge in [0.2, 0.25) is 0 Å². The summed E-state index contributed by atoms with van der Waals surface area (Å²) in [6, 6.07) is 0.321. The van der Waals surface area contributed by atoms with Gasteiger partial charge in [0.15, 0.2) is 5.13 Å². The number of nitrogens with zero attached hydrogens (tertiary/aromatic N) is 2. The standard InChI is InChI=1S/C20H33N3O2S/c1-20(2,3)25-19(24)23-11-9-15(14-22-18-21-10-12-26-18)13-17(23)16-7-5-4-6-8-16/h10,12,15-17H,4-9,11,13-14H2,1-3H3,(H,21,22). The topological polar surface area (TPSA) is 54.5 Å². The van der Waals surface area contributed by atoms with Crippen LogP contribution in [0.25, 0.3) is 0 Å². The van der Waals surface area contributed by atoms with Crippen LogP contribution in [0.1, 0.15) is 65.7 Å². The molecule has 1 saturated carbocycles. The summed E-state index contributed by atoms with van der Waals surface area (Å²) >= 11 is 1.65. The van der Waals surface area contributed by atoms with Crippen LogP contribution in [0.15, 0.2) is 11.6 Å². The van der Waals surface area contributed by atoms with Gasteiger partial charge < -0.3 is 15.0 Å². The summed E-state index contributed by atoms with van der Waals surface area (Å²) in [6.07, 6.45) is 10.2. The third-order valence-corrected chi connectivity index (χ3v) is 6.28. The van der Waals surface area contributed by atoms with Gasteiger partial charge in [-0.25, -0.2) is 9.78 Å². The number of ether oxygens (including phenoxy) is 1. The van der Waals surface area contributed by atoms with Crippen molar-refractivity contribution in [3.8, 4) is 0 Å². The van der Waals surface area contributed by atoms with E-state index in [1.54, 1.807) is 11.3 Å². The summed E-state index contributed by atoms with van der Waals surface area (Å²) in [5, 5.41) is 6.47. The summed E-state index contributed by atoms with van der Waals surface area (Å²) in [7, 11) is 0. The van der Waals surface area contributed by atoms with Gasteiger partial charge in [0, 0.05) is 30.7 Å². The van der Waals surface area contributed by atoms with Gasteiger partial charge in [0.05, 0.1) is 0 Å². The third-order valence-electron chi connectivity index (χ3n) is 5.55. The van der Waals surface area contributed by atoms with Crippen molar-refractivity contribution in [2.75, 3.05) is 18.4 Å². The van der Waals surface area contributed by atoms with Crippen LogP contribution in [0.2, 0.25) is 0 Å². The summed E-state index contributed by atoms with van der Waals surface area (Å²) < 4.78 is 5.72. The van der Waals surface area contributed by atoms with Gasteiger partial charge in [-0.2, -0.15) is 0 Å². The molecule has 26 heavy (non-hydrogen) atoms. The molecule has 6 heteroatoms. The zero-order chi connectivity index (χ0) is 18.6. The van der Waals surface area contributed by atoms with E-state index in [9.17, 15) is 4.79 Å². The first-order chi connectivity index (χ1) is 12.4. The summed E-state index contributed by atoms with van der Waals surface area (Å²) in [5.41, 5.74) is -0.433. The quantitative estimate of drug-likeness (QED) is 0.786. The van der Waals surface area contributed by atoms with E-state index in [2.05, 4.69) is 10.3 Å². The molecule has 0 aromatic carbocycles. The fourth-order valence-electron chi connectivity index (χ4n) is 4.31. The number of likely N-dealkylation sites (tertiary alicyclic amines) is 1. The van der Waals surface area contributed by atoms with E-state index < -0.39 is 5.60 Å². The van der Waals surface area contributed by atoms with Gasteiger partial charge in [-0.15, -0.1) is 11.3 Å². The highest BCUT2D eigenvalue weighted by Crippen LogP contribution is 2.36. The predicted molar refractivity (Wildman–Crippen MR) is 107 cm³/mol. The zero-order valence-corrected chi connectivity index (χ0v) is 17.2. The summed E-state index contributed by atoms with van der Waals surface area (Å²) in [5.74, 6) is 1.21. The van der Waals surface area contributed by atoms with E-state index in [4.69, 9.17) is 4.74 Å². The smallest absolute Gasteiger partial charge is 0.410 e. The van der Waals surface area contributed by atoms with Crippen molar-refractivity contribution in [1.29, 1.82) is 0 Å². The molecule has 1 aliphatic carbocycles. The number of nitrogens with one attached hydrogen (secondary N) is 1. The van der Waals surface area contributed by atoms with Crippen LogP contribution in [0.5, 0.6) is 0 Å². The Labute approximate surface area is 161 Å². The van der Waals surface area contributed by atoms with Crippen LogP contribution in [0, 0.1) is 11.8 Å². The zero-order valence-electron chi connectivity index (χ0n) is 16.4. The van der Waals surface area contributed by atoms with E-state index in [1.165, 1.54) is 32.1 Å². The molecule has 3 rings (SSSR count). The molecule has 2 unspecified atom stereocenters. The van der Waals surface area contributed by atoms with Crippen molar-refractivity contribution in [1.82, 2.24) is 9.88 Å². The van der Waals surface area contributed by atoms with Crippen molar-refractivity contribution in [2.24, 2.45) is 11.8 Å². The summed E-state index contributed by atoms with van der Waals surface area (Å²) in [6.45, 7) is 7.60. The molecule has 0 radical (unpaired) electrons. The molecule has 1 amide bonds. The maximum Gasteiger partial charge on any atom is 0.410 e. The molecule has 0 bridgehead atoms. The second-order valence-corrected chi connectivity index (χ2v) is 9.64. The molecule has 1 aromatic heterocycles. The first kappa shape index (κ1) is 19.5. The Morgan fingerprint density at radius 3 is 2.73 bits per heavy atom. The highest BCUT2D eigenvalue weighted by molar-refractivity contribution is 7.13. The van der Waals surface area contributed by atoms with E-state index in [-0.39, 0.29) is 6.09 Å². The maximum absolute atomic E-state index is 12.8. The number of carbonyl (C=O) groups is 1. The number of amides is 1. The number of hydrogen-bond donors (Lipinski definition) is 1. The fourth-order valence-corrected chi connectivity index (χ4v) is 4.85. The summed E-state index contributed by atoms with van der Waals surface area (Å²) in [4.78, 5) is 19.2. The van der Waals surface area contributed by atoms with Gasteiger partial charge in [-0.1, -0.05) is 19.3 Å². The average molecular weight is 380 g/mol. The van der Waals surface area contributed by atoms with Crippen LogP contribution in [-0.4, -0.2) is 40.7 Å². The lowest BCUT2D eigenvalue weighted by Gasteiger charge is -2.44. The molecule has 5 nitrogen and oxygen atoms in total. The molecule has 146 valence electrons. The van der Waals surface area contributed by atoms with Crippen molar-refractivity contribution in [3.05, 3.63) is 11.6 Å². The molecule has 1 saturated heterocycles. The molecule has 1 N–H and O–H groups in total. The second-order valence-electron chi connectivity index (χ2n) is 8.75. The Morgan fingerprint density at radius 2 is 2.08 bits per heavy atom. The largest absolute Gasteiger partial charge is 0.444 e. The average Bonchev–Trinajstić information content (AvgIpc) is 3.12. The van der Waals surface area contributed by atoms with Crippen molar-refractivity contribution in [3.63, 3.8) is 0 Å². The Balaban J connectivity index is 1.64. The fraction of sp³-hybridized carbons (Fsp3) is 0.800. The van der Waals surface area contributed by atoms with Gasteiger partial charge in [0.25, 0.3) is 0 Å². The third kappa shape index (κ3) is 5.35. The highest BCUT2D eigenvalue weighted by atomic mass is 32.1. The molecule has 2 heterocycles. The molecular formula is C20H33N3O2S. The molecule has 1 aliphatic heterocycles. The SMILES string of the molecule is CC(C)(C)OC(=O)N1CCC(CNc2nccs2)CC1C1CCCCC1. The molecule has 1 aromatic rings. The van der Waals surface area contributed by atoms with Gasteiger partial charge in [-0.05, 0) is 58.3 Å². The predicted octanol–water partition coefficient (Wildman–Crippen LogP) is 5.15. The van der Waals surface area contributed by atoms with Crippen LogP contribution >= 0.6 is 11.3 Å². The van der Waals surface area contributed by atoms with Crippen LogP contribution in [0.3, 0.4) is 0 Å². The van der Waals surface area contributed by atoms with Crippen LogP contribution in [0.4, 0.5) is 9.93 Å². The molecular weight excluding hydrogens is 346 g/mol. The molecule has 2 fully saturated rings. The lowest BCUT2D eigenvalue weighted by molar-refractivity contribution is -0.00784. The Morgan fingerprint density at radius 1 is 1.31 bits per heavy atom. The van der Waals surface area contributed by atoms with Gasteiger partial charge >= 0.3 is 6.09 Å². The number of hydrogen-bond acceptors (Lipinski definition) is 5. The van der Waals surface area contributed by atoms with Gasteiger partial charge in [-0.3, -0.25) is 0 Å². The number of anilines is 1. The van der Waals surface area contributed by atoms with Crippen molar-refractivity contribution in [2.45, 2.75) is 77.4 Å². The maximum atomic E-state index is 12.8. The van der Waals surface area contributed by atoms with Crippen LogP contribution in [-0.2, 0) is 4.74 Å². The van der Waals surface area contributed by atoms with E-state index in [1.807, 2.05) is 37.2 Å². The lowest BCUT2D eigenvalue weighted by Crippen LogP contribution is -2.52. The first-order valence-corrected chi connectivity index (χ1v) is 10.9. The number of thiazole rings is 1. The van der Waals surface area contributed by atoms with Crippen molar-refractivity contribution < 1.29 is 9.53 Å². The normalized spacial score (nSPS) is 25.1. The minimum atomic E-state index is -0.433. The monoisotopic (exact) mass is 379 g/mol. The Kier molecular flexibility index (Phi) is 6.43. The highest BCUT2D eigenvalue weighted by Gasteiger charge is 2.38. The number of aromatic nitrogens is 1. The molecule has 2 atom stereocenters. The first-order valence-electron chi connectivity index (χ1n) is 10.1. The Hall–Kier alpha value is -1.30. The number of rotatable bonds is 4.